The number of aromatic nitrogens is 4. The molecule has 11 heteroatoms. The standard InChI is InChI=1S/C24H28N8O3/c1-25-19-13-20(35-5)21(16(9-12-30(2)3)22(19)32(33)34)29-24-27-11-8-18(28-24)17-14-31(4)23-15(17)7-6-10-26-23/h6-8,10-11,13-14,25H,9,12H2,1-5H3,(H,27,28,29). The molecule has 35 heavy (non-hydrogen) atoms. The SMILES string of the molecule is CNc1cc(OC)c(Nc2nccc(-c3cn(C)c4ncccc34)n2)c(CCN(C)C)c1[N+](=O)[O-]. The van der Waals surface area contributed by atoms with Crippen LogP contribution in [0.4, 0.5) is 23.0 Å². The molecule has 182 valence electrons. The highest BCUT2D eigenvalue weighted by Crippen LogP contribution is 2.42. The van der Waals surface area contributed by atoms with Crippen molar-refractivity contribution in [2.45, 2.75) is 6.42 Å². The van der Waals surface area contributed by atoms with Gasteiger partial charge in [-0.05, 0) is 38.7 Å². The van der Waals surface area contributed by atoms with E-state index in [0.29, 0.717) is 47.3 Å². The van der Waals surface area contributed by atoms with Gasteiger partial charge < -0.3 is 24.8 Å². The van der Waals surface area contributed by atoms with Gasteiger partial charge in [0.25, 0.3) is 5.69 Å². The summed E-state index contributed by atoms with van der Waals surface area (Å²) in [6, 6.07) is 7.31. The number of pyridine rings is 1. The van der Waals surface area contributed by atoms with Crippen molar-refractivity contribution in [2.75, 3.05) is 45.4 Å². The number of fused-ring (bicyclic) bond motifs is 1. The highest BCUT2D eigenvalue weighted by molar-refractivity contribution is 5.93. The predicted molar refractivity (Wildman–Crippen MR) is 136 cm³/mol. The molecule has 0 atom stereocenters. The quantitative estimate of drug-likeness (QED) is 0.274. The molecular formula is C24H28N8O3. The Morgan fingerprint density at radius 1 is 1.23 bits per heavy atom. The lowest BCUT2D eigenvalue weighted by atomic mass is 10.0. The van der Waals surface area contributed by atoms with Crippen LogP contribution in [0.3, 0.4) is 0 Å². The topological polar surface area (TPSA) is 123 Å². The number of benzene rings is 1. The van der Waals surface area contributed by atoms with E-state index in [1.807, 2.05) is 55.0 Å². The number of anilines is 3. The van der Waals surface area contributed by atoms with E-state index < -0.39 is 0 Å². The average Bonchev–Trinajstić information content (AvgIpc) is 3.19. The summed E-state index contributed by atoms with van der Waals surface area (Å²) < 4.78 is 7.56. The Morgan fingerprint density at radius 3 is 2.71 bits per heavy atom. The van der Waals surface area contributed by atoms with E-state index in [-0.39, 0.29) is 10.6 Å². The molecule has 11 nitrogen and oxygen atoms in total. The van der Waals surface area contributed by atoms with Gasteiger partial charge in [0.2, 0.25) is 5.95 Å². The van der Waals surface area contributed by atoms with E-state index in [2.05, 4.69) is 20.6 Å². The molecule has 0 bridgehead atoms. The molecule has 1 aromatic carbocycles. The molecule has 0 amide bonds. The van der Waals surface area contributed by atoms with Gasteiger partial charge in [-0.15, -0.1) is 0 Å². The normalized spacial score (nSPS) is 11.1. The van der Waals surface area contributed by atoms with Gasteiger partial charge in [-0.1, -0.05) is 0 Å². The summed E-state index contributed by atoms with van der Waals surface area (Å²) in [5, 5.41) is 19.2. The molecule has 4 rings (SSSR count). The van der Waals surface area contributed by atoms with Crippen molar-refractivity contribution in [3.05, 3.63) is 58.5 Å². The van der Waals surface area contributed by atoms with Crippen LogP contribution in [-0.4, -0.2) is 64.1 Å². The number of aryl methyl sites for hydroxylation is 1. The Morgan fingerprint density at radius 2 is 2.03 bits per heavy atom. The summed E-state index contributed by atoms with van der Waals surface area (Å²) >= 11 is 0. The van der Waals surface area contributed by atoms with Crippen LogP contribution in [0, 0.1) is 10.1 Å². The van der Waals surface area contributed by atoms with Crippen LogP contribution < -0.4 is 15.4 Å². The first kappa shape index (κ1) is 23.9. The Kier molecular flexibility index (Phi) is 6.78. The number of nitro groups is 1. The number of nitrogens with zero attached hydrogens (tertiary/aromatic N) is 6. The van der Waals surface area contributed by atoms with E-state index in [1.165, 1.54) is 7.11 Å². The molecule has 0 aliphatic heterocycles. The molecule has 4 aromatic rings. The van der Waals surface area contributed by atoms with Crippen molar-refractivity contribution in [1.29, 1.82) is 0 Å². The first-order valence-corrected chi connectivity index (χ1v) is 11.0. The molecule has 2 N–H and O–H groups in total. The molecule has 0 radical (unpaired) electrons. The third-order valence-corrected chi connectivity index (χ3v) is 5.75. The van der Waals surface area contributed by atoms with E-state index >= 15 is 0 Å². The monoisotopic (exact) mass is 476 g/mol. The maximum atomic E-state index is 12.1. The number of hydrogen-bond donors (Lipinski definition) is 2. The van der Waals surface area contributed by atoms with E-state index in [9.17, 15) is 10.1 Å². The highest BCUT2D eigenvalue weighted by atomic mass is 16.6. The molecule has 3 aromatic heterocycles. The first-order chi connectivity index (χ1) is 16.8. The first-order valence-electron chi connectivity index (χ1n) is 11.0. The van der Waals surface area contributed by atoms with Crippen LogP contribution >= 0.6 is 0 Å². The number of methoxy groups -OCH3 is 1. The Labute approximate surface area is 202 Å². The second kappa shape index (κ2) is 9.94. The van der Waals surface area contributed by atoms with Gasteiger partial charge in [0.15, 0.2) is 0 Å². The fraction of sp³-hybridized carbons (Fsp3) is 0.292. The molecule has 0 aliphatic carbocycles. The smallest absolute Gasteiger partial charge is 0.297 e. The lowest BCUT2D eigenvalue weighted by molar-refractivity contribution is -0.384. The maximum Gasteiger partial charge on any atom is 0.297 e. The van der Waals surface area contributed by atoms with Gasteiger partial charge in [0.05, 0.1) is 29.0 Å². The van der Waals surface area contributed by atoms with Crippen LogP contribution in [-0.2, 0) is 13.5 Å². The highest BCUT2D eigenvalue weighted by Gasteiger charge is 2.27. The lowest BCUT2D eigenvalue weighted by Crippen LogP contribution is -2.17. The number of ether oxygens (including phenoxy) is 1. The number of nitrogens with one attached hydrogen (secondary N) is 2. The third kappa shape index (κ3) is 4.71. The summed E-state index contributed by atoms with van der Waals surface area (Å²) in [5.74, 6) is 0.761. The molecular weight excluding hydrogens is 448 g/mol. The largest absolute Gasteiger partial charge is 0.494 e. The lowest BCUT2D eigenvalue weighted by Gasteiger charge is -2.19. The van der Waals surface area contributed by atoms with Gasteiger partial charge in [0, 0.05) is 56.2 Å². The second-order valence-electron chi connectivity index (χ2n) is 8.31. The summed E-state index contributed by atoms with van der Waals surface area (Å²) in [6.07, 6.45) is 5.80. The molecule has 0 saturated heterocycles. The zero-order valence-electron chi connectivity index (χ0n) is 20.4. The van der Waals surface area contributed by atoms with Gasteiger partial charge in [-0.3, -0.25) is 10.1 Å². The van der Waals surface area contributed by atoms with E-state index in [1.54, 1.807) is 25.5 Å². The van der Waals surface area contributed by atoms with E-state index in [4.69, 9.17) is 9.72 Å². The van der Waals surface area contributed by atoms with Crippen LogP contribution in [0.15, 0.2) is 42.9 Å². The maximum absolute atomic E-state index is 12.1. The van der Waals surface area contributed by atoms with Gasteiger partial charge >= 0.3 is 0 Å². The Bertz CT molecular complexity index is 1380. The number of likely N-dealkylation sites (N-methyl/N-ethyl adjacent to an activating group) is 1. The van der Waals surface area contributed by atoms with Gasteiger partial charge in [0.1, 0.15) is 17.1 Å². The van der Waals surface area contributed by atoms with Crippen molar-refractivity contribution in [3.63, 3.8) is 0 Å². The zero-order valence-corrected chi connectivity index (χ0v) is 20.4. The number of rotatable bonds is 9. The Hall–Kier alpha value is -4.25. The number of nitro benzene ring substituents is 1. The van der Waals surface area contributed by atoms with Crippen LogP contribution in [0.5, 0.6) is 5.75 Å². The zero-order chi connectivity index (χ0) is 25.1. The number of hydrogen-bond acceptors (Lipinski definition) is 9. The molecule has 0 spiro atoms. The predicted octanol–water partition coefficient (Wildman–Crippen LogP) is 3.84. The van der Waals surface area contributed by atoms with Crippen LogP contribution in [0.25, 0.3) is 22.3 Å². The summed E-state index contributed by atoms with van der Waals surface area (Å²) in [4.78, 5) is 27.2. The minimum atomic E-state index is -0.373. The minimum Gasteiger partial charge on any atom is -0.494 e. The molecule has 0 unspecified atom stereocenters. The molecule has 0 fully saturated rings. The Balaban J connectivity index is 1.82. The minimum absolute atomic E-state index is 0.00562. The van der Waals surface area contributed by atoms with Crippen molar-refractivity contribution < 1.29 is 9.66 Å². The fourth-order valence-corrected chi connectivity index (χ4v) is 4.07. The van der Waals surface area contributed by atoms with Crippen LogP contribution in [0.2, 0.25) is 0 Å². The van der Waals surface area contributed by atoms with E-state index in [0.717, 1.165) is 16.6 Å². The van der Waals surface area contributed by atoms with Crippen molar-refractivity contribution in [3.8, 4) is 17.0 Å². The average molecular weight is 477 g/mol. The van der Waals surface area contributed by atoms with Gasteiger partial charge in [-0.2, -0.15) is 0 Å². The molecule has 3 heterocycles. The van der Waals surface area contributed by atoms with Crippen molar-refractivity contribution in [1.82, 2.24) is 24.4 Å². The summed E-state index contributed by atoms with van der Waals surface area (Å²) in [5.41, 5.74) is 3.82. The summed E-state index contributed by atoms with van der Waals surface area (Å²) in [6.45, 7) is 0.607. The van der Waals surface area contributed by atoms with Crippen molar-refractivity contribution in [2.24, 2.45) is 7.05 Å². The second-order valence-corrected chi connectivity index (χ2v) is 8.31. The third-order valence-electron chi connectivity index (χ3n) is 5.75. The fourth-order valence-electron chi connectivity index (χ4n) is 4.07. The molecule has 0 saturated carbocycles. The summed E-state index contributed by atoms with van der Waals surface area (Å²) in [7, 11) is 8.95. The van der Waals surface area contributed by atoms with Gasteiger partial charge in [-0.25, -0.2) is 15.0 Å². The van der Waals surface area contributed by atoms with Crippen molar-refractivity contribution >= 4 is 34.0 Å². The van der Waals surface area contributed by atoms with Crippen LogP contribution in [0.1, 0.15) is 5.56 Å². The molecule has 0 aliphatic rings.